The van der Waals surface area contributed by atoms with E-state index in [4.69, 9.17) is 9.47 Å². The third kappa shape index (κ3) is 3.09. The smallest absolute Gasteiger partial charge is 0.161 e. The number of fused-ring (bicyclic) bond motifs is 1. The lowest BCUT2D eigenvalue weighted by molar-refractivity contribution is 0.354. The number of hydrogen-bond acceptors (Lipinski definition) is 3. The van der Waals surface area contributed by atoms with Gasteiger partial charge in [0, 0.05) is 24.7 Å². The van der Waals surface area contributed by atoms with E-state index in [9.17, 15) is 0 Å². The van der Waals surface area contributed by atoms with Crippen LogP contribution in [0, 0.1) is 0 Å². The lowest BCUT2D eigenvalue weighted by atomic mass is 10.1. The third-order valence-electron chi connectivity index (χ3n) is 4.05. The highest BCUT2D eigenvalue weighted by Crippen LogP contribution is 2.30. The van der Waals surface area contributed by atoms with Crippen molar-refractivity contribution < 1.29 is 9.47 Å². The zero-order chi connectivity index (χ0) is 16.2. The molecular formula is C20H21NO2. The summed E-state index contributed by atoms with van der Waals surface area (Å²) >= 11 is 0. The molecule has 118 valence electrons. The van der Waals surface area contributed by atoms with Gasteiger partial charge in [-0.1, -0.05) is 42.5 Å². The van der Waals surface area contributed by atoms with Crippen molar-refractivity contribution in [2.45, 2.75) is 6.54 Å². The first-order chi connectivity index (χ1) is 11.2. The number of hydrogen-bond donors (Lipinski definition) is 0. The molecule has 0 saturated heterocycles. The van der Waals surface area contributed by atoms with Crippen molar-refractivity contribution in [3.8, 4) is 11.5 Å². The SMILES string of the molecule is COc1ccc(CN(C)c2cccc3ccccc23)cc1OC. The Morgan fingerprint density at radius 3 is 2.35 bits per heavy atom. The van der Waals surface area contributed by atoms with Gasteiger partial charge in [-0.3, -0.25) is 0 Å². The number of ether oxygens (including phenoxy) is 2. The van der Waals surface area contributed by atoms with E-state index in [1.54, 1.807) is 14.2 Å². The van der Waals surface area contributed by atoms with E-state index in [1.165, 1.54) is 22.0 Å². The van der Waals surface area contributed by atoms with Crippen molar-refractivity contribution in [2.24, 2.45) is 0 Å². The lowest BCUT2D eigenvalue weighted by Crippen LogP contribution is -2.16. The van der Waals surface area contributed by atoms with Crippen LogP contribution in [0.3, 0.4) is 0 Å². The second kappa shape index (κ2) is 6.61. The number of rotatable bonds is 5. The Hall–Kier alpha value is -2.68. The Kier molecular flexibility index (Phi) is 4.38. The fourth-order valence-electron chi connectivity index (χ4n) is 2.88. The van der Waals surface area contributed by atoms with Gasteiger partial charge in [0.05, 0.1) is 14.2 Å². The van der Waals surface area contributed by atoms with Gasteiger partial charge in [0.1, 0.15) is 0 Å². The van der Waals surface area contributed by atoms with Crippen molar-refractivity contribution in [2.75, 3.05) is 26.2 Å². The molecule has 0 aromatic heterocycles. The first-order valence-electron chi connectivity index (χ1n) is 7.62. The Morgan fingerprint density at radius 1 is 0.826 bits per heavy atom. The van der Waals surface area contributed by atoms with E-state index < -0.39 is 0 Å². The normalized spacial score (nSPS) is 10.6. The van der Waals surface area contributed by atoms with Gasteiger partial charge in [0.25, 0.3) is 0 Å². The molecule has 3 nitrogen and oxygen atoms in total. The quantitative estimate of drug-likeness (QED) is 0.693. The Labute approximate surface area is 137 Å². The monoisotopic (exact) mass is 307 g/mol. The molecule has 0 bridgehead atoms. The van der Waals surface area contributed by atoms with Gasteiger partial charge < -0.3 is 14.4 Å². The molecule has 3 aromatic carbocycles. The molecule has 0 spiro atoms. The van der Waals surface area contributed by atoms with Gasteiger partial charge in [-0.15, -0.1) is 0 Å². The van der Waals surface area contributed by atoms with E-state index in [0.29, 0.717) is 0 Å². The van der Waals surface area contributed by atoms with E-state index >= 15 is 0 Å². The van der Waals surface area contributed by atoms with Crippen LogP contribution >= 0.6 is 0 Å². The summed E-state index contributed by atoms with van der Waals surface area (Å²) in [6.45, 7) is 0.800. The number of nitrogens with zero attached hydrogens (tertiary/aromatic N) is 1. The maximum absolute atomic E-state index is 5.39. The van der Waals surface area contributed by atoms with Gasteiger partial charge in [0.2, 0.25) is 0 Å². The van der Waals surface area contributed by atoms with Crippen molar-refractivity contribution in [1.82, 2.24) is 0 Å². The highest BCUT2D eigenvalue weighted by atomic mass is 16.5. The molecule has 3 rings (SSSR count). The molecule has 0 N–H and O–H groups in total. The molecule has 0 heterocycles. The minimum atomic E-state index is 0.754. The van der Waals surface area contributed by atoms with Crippen molar-refractivity contribution in [3.05, 3.63) is 66.2 Å². The molecule has 3 heteroatoms. The van der Waals surface area contributed by atoms with Crippen LogP contribution in [0.25, 0.3) is 10.8 Å². The molecule has 0 atom stereocenters. The minimum absolute atomic E-state index is 0.754. The summed E-state index contributed by atoms with van der Waals surface area (Å²) < 4.78 is 10.7. The van der Waals surface area contributed by atoms with Crippen molar-refractivity contribution >= 4 is 16.5 Å². The fourth-order valence-corrected chi connectivity index (χ4v) is 2.88. The van der Waals surface area contributed by atoms with Crippen LogP contribution in [0.2, 0.25) is 0 Å². The van der Waals surface area contributed by atoms with Crippen molar-refractivity contribution in [1.29, 1.82) is 0 Å². The topological polar surface area (TPSA) is 21.7 Å². The van der Waals surface area contributed by atoms with Gasteiger partial charge in [-0.05, 0) is 29.1 Å². The summed E-state index contributed by atoms with van der Waals surface area (Å²) in [4.78, 5) is 2.25. The summed E-state index contributed by atoms with van der Waals surface area (Å²) in [6.07, 6.45) is 0. The predicted octanol–water partition coefficient (Wildman–Crippen LogP) is 4.49. The Balaban J connectivity index is 1.90. The standard InChI is InChI=1S/C20H21NO2/c1-21(14-15-11-12-19(22-2)20(13-15)23-3)18-10-6-8-16-7-4-5-9-17(16)18/h4-13H,14H2,1-3H3. The van der Waals surface area contributed by atoms with Crippen LogP contribution in [0.5, 0.6) is 11.5 Å². The average Bonchev–Trinajstić information content (AvgIpc) is 2.61. The maximum atomic E-state index is 5.39. The van der Waals surface area contributed by atoms with E-state index in [1.807, 2.05) is 12.1 Å². The predicted molar refractivity (Wildman–Crippen MR) is 95.6 cm³/mol. The number of benzene rings is 3. The van der Waals surface area contributed by atoms with Gasteiger partial charge in [-0.25, -0.2) is 0 Å². The average molecular weight is 307 g/mol. The molecule has 0 unspecified atom stereocenters. The minimum Gasteiger partial charge on any atom is -0.493 e. The molecule has 0 radical (unpaired) electrons. The van der Waals surface area contributed by atoms with Crippen LogP contribution in [-0.2, 0) is 6.54 Å². The van der Waals surface area contributed by atoms with Gasteiger partial charge in [-0.2, -0.15) is 0 Å². The van der Waals surface area contributed by atoms with Crippen LogP contribution in [0.15, 0.2) is 60.7 Å². The van der Waals surface area contributed by atoms with Crippen LogP contribution in [-0.4, -0.2) is 21.3 Å². The first kappa shape index (κ1) is 15.2. The fraction of sp³-hybridized carbons (Fsp3) is 0.200. The molecular weight excluding hydrogens is 286 g/mol. The summed E-state index contributed by atoms with van der Waals surface area (Å²) in [6, 6.07) is 20.9. The summed E-state index contributed by atoms with van der Waals surface area (Å²) in [7, 11) is 5.42. The zero-order valence-corrected chi connectivity index (χ0v) is 13.7. The lowest BCUT2D eigenvalue weighted by Gasteiger charge is -2.22. The number of anilines is 1. The second-order valence-electron chi connectivity index (χ2n) is 5.54. The Morgan fingerprint density at radius 2 is 1.57 bits per heavy atom. The van der Waals surface area contributed by atoms with Crippen molar-refractivity contribution in [3.63, 3.8) is 0 Å². The molecule has 0 aliphatic rings. The van der Waals surface area contributed by atoms with Crippen LogP contribution < -0.4 is 14.4 Å². The highest BCUT2D eigenvalue weighted by Gasteiger charge is 2.09. The second-order valence-corrected chi connectivity index (χ2v) is 5.54. The molecule has 0 amide bonds. The molecule has 23 heavy (non-hydrogen) atoms. The highest BCUT2D eigenvalue weighted by molar-refractivity contribution is 5.94. The zero-order valence-electron chi connectivity index (χ0n) is 13.7. The third-order valence-corrected chi connectivity index (χ3v) is 4.05. The molecule has 0 fully saturated rings. The van der Waals surface area contributed by atoms with E-state index in [0.717, 1.165) is 18.0 Å². The summed E-state index contributed by atoms with van der Waals surface area (Å²) in [5.74, 6) is 1.51. The number of methoxy groups -OCH3 is 2. The molecule has 3 aromatic rings. The summed E-state index contributed by atoms with van der Waals surface area (Å²) in [5, 5.41) is 2.52. The molecule has 0 aliphatic heterocycles. The summed E-state index contributed by atoms with van der Waals surface area (Å²) in [5.41, 5.74) is 2.40. The van der Waals surface area contributed by atoms with E-state index in [-0.39, 0.29) is 0 Å². The van der Waals surface area contributed by atoms with E-state index in [2.05, 4.69) is 60.5 Å². The first-order valence-corrected chi connectivity index (χ1v) is 7.62. The van der Waals surface area contributed by atoms with Crippen LogP contribution in [0.4, 0.5) is 5.69 Å². The van der Waals surface area contributed by atoms with Gasteiger partial charge >= 0.3 is 0 Å². The van der Waals surface area contributed by atoms with Gasteiger partial charge in [0.15, 0.2) is 11.5 Å². The molecule has 0 saturated carbocycles. The molecule has 0 aliphatic carbocycles. The Bertz CT molecular complexity index is 808. The largest absolute Gasteiger partial charge is 0.493 e. The maximum Gasteiger partial charge on any atom is 0.161 e. The van der Waals surface area contributed by atoms with Crippen LogP contribution in [0.1, 0.15) is 5.56 Å².